The zero-order valence-electron chi connectivity index (χ0n) is 17.0. The molecule has 0 aliphatic carbocycles. The normalized spacial score (nSPS) is 16.6. The Morgan fingerprint density at radius 2 is 1.81 bits per heavy atom. The van der Waals surface area contributed by atoms with Gasteiger partial charge in [-0.3, -0.25) is 9.79 Å². The van der Waals surface area contributed by atoms with E-state index in [-0.39, 0.29) is 24.4 Å². The van der Waals surface area contributed by atoms with Gasteiger partial charge in [-0.2, -0.15) is 4.31 Å². The third kappa shape index (κ3) is 8.89. The van der Waals surface area contributed by atoms with Crippen molar-refractivity contribution in [2.45, 2.75) is 39.7 Å². The van der Waals surface area contributed by atoms with Crippen LogP contribution in [0.3, 0.4) is 0 Å². The third-order valence-corrected chi connectivity index (χ3v) is 5.98. The van der Waals surface area contributed by atoms with Crippen LogP contribution in [0.4, 0.5) is 0 Å². The Hall–Kier alpha value is -1.39. The van der Waals surface area contributed by atoms with Crippen LogP contribution in [0.2, 0.25) is 0 Å². The van der Waals surface area contributed by atoms with Gasteiger partial charge in [0.25, 0.3) is 0 Å². The topological polar surface area (TPSA) is 103 Å². The molecule has 2 N–H and O–H groups in total. The maximum absolute atomic E-state index is 12.4. The molecule has 0 aromatic rings. The maximum Gasteiger partial charge on any atom is 0.221 e. The standard InChI is InChI=1S/C17H35N5O4S/c1-5-7-19-16(23)6-8-20-17(18-4)21-9-11-22(12-10-21)27(24,25)14-13-26-15(2)3/h15H,5-14H2,1-4H3,(H,18,20)(H,19,23). The second-order valence-electron chi connectivity index (χ2n) is 6.70. The predicted molar refractivity (Wildman–Crippen MR) is 107 cm³/mol. The molecule has 0 bridgehead atoms. The summed E-state index contributed by atoms with van der Waals surface area (Å²) in [5.41, 5.74) is 0. The number of guanidine groups is 1. The lowest BCUT2D eigenvalue weighted by atomic mass is 10.3. The number of ether oxygens (including phenoxy) is 1. The van der Waals surface area contributed by atoms with E-state index < -0.39 is 10.0 Å². The lowest BCUT2D eigenvalue weighted by Gasteiger charge is -2.35. The van der Waals surface area contributed by atoms with Crippen molar-refractivity contribution >= 4 is 21.9 Å². The molecule has 0 radical (unpaired) electrons. The van der Waals surface area contributed by atoms with Crippen LogP contribution in [0.1, 0.15) is 33.6 Å². The van der Waals surface area contributed by atoms with Crippen LogP contribution in [-0.2, 0) is 19.6 Å². The first-order chi connectivity index (χ1) is 12.8. The quantitative estimate of drug-likeness (QED) is 0.387. The second kappa shape index (κ2) is 12.1. The van der Waals surface area contributed by atoms with Crippen molar-refractivity contribution in [2.75, 3.05) is 58.7 Å². The van der Waals surface area contributed by atoms with E-state index in [1.165, 1.54) is 4.31 Å². The molecule has 1 heterocycles. The molecular formula is C17H35N5O4S. The first-order valence-corrected chi connectivity index (χ1v) is 11.2. The van der Waals surface area contributed by atoms with Gasteiger partial charge in [0.2, 0.25) is 15.9 Å². The van der Waals surface area contributed by atoms with Crippen molar-refractivity contribution in [2.24, 2.45) is 4.99 Å². The van der Waals surface area contributed by atoms with Crippen LogP contribution in [0.25, 0.3) is 0 Å². The number of carbonyl (C=O) groups excluding carboxylic acids is 1. The molecule has 10 heteroatoms. The summed E-state index contributed by atoms with van der Waals surface area (Å²) in [7, 11) is -1.62. The lowest BCUT2D eigenvalue weighted by molar-refractivity contribution is -0.120. The van der Waals surface area contributed by atoms with E-state index in [1.807, 2.05) is 25.7 Å². The predicted octanol–water partition coefficient (Wildman–Crippen LogP) is -0.149. The van der Waals surface area contributed by atoms with E-state index in [9.17, 15) is 13.2 Å². The molecule has 0 atom stereocenters. The summed E-state index contributed by atoms with van der Waals surface area (Å²) in [6.07, 6.45) is 1.32. The SMILES string of the molecule is CCCNC(=O)CCNC(=NC)N1CCN(S(=O)(=O)CCOC(C)C)CC1. The van der Waals surface area contributed by atoms with Gasteiger partial charge in [-0.15, -0.1) is 0 Å². The number of nitrogens with zero attached hydrogens (tertiary/aromatic N) is 3. The van der Waals surface area contributed by atoms with E-state index in [4.69, 9.17) is 4.74 Å². The molecule has 0 unspecified atom stereocenters. The van der Waals surface area contributed by atoms with Gasteiger partial charge in [-0.05, 0) is 20.3 Å². The van der Waals surface area contributed by atoms with E-state index in [0.717, 1.165) is 6.42 Å². The van der Waals surface area contributed by atoms with Gasteiger partial charge in [0.05, 0.1) is 18.5 Å². The van der Waals surface area contributed by atoms with Crippen molar-refractivity contribution in [3.05, 3.63) is 0 Å². The van der Waals surface area contributed by atoms with Crippen molar-refractivity contribution < 1.29 is 17.9 Å². The Morgan fingerprint density at radius 3 is 2.37 bits per heavy atom. The van der Waals surface area contributed by atoms with E-state index in [0.29, 0.717) is 51.6 Å². The molecule has 158 valence electrons. The van der Waals surface area contributed by atoms with Gasteiger partial charge in [0.1, 0.15) is 0 Å². The second-order valence-corrected chi connectivity index (χ2v) is 8.78. The summed E-state index contributed by atoms with van der Waals surface area (Å²) in [6, 6.07) is 0. The molecule has 1 amide bonds. The van der Waals surface area contributed by atoms with E-state index in [1.54, 1.807) is 7.05 Å². The Labute approximate surface area is 163 Å². The summed E-state index contributed by atoms with van der Waals surface area (Å²) < 4.78 is 31.6. The molecule has 0 aromatic carbocycles. The Balaban J connectivity index is 2.39. The van der Waals surface area contributed by atoms with Crippen LogP contribution in [-0.4, -0.2) is 94.3 Å². The summed E-state index contributed by atoms with van der Waals surface area (Å²) in [6.45, 7) is 9.14. The molecule has 0 spiro atoms. The van der Waals surface area contributed by atoms with Crippen molar-refractivity contribution in [3.63, 3.8) is 0 Å². The Morgan fingerprint density at radius 1 is 1.15 bits per heavy atom. The van der Waals surface area contributed by atoms with Crippen LogP contribution in [0.5, 0.6) is 0 Å². The van der Waals surface area contributed by atoms with E-state index >= 15 is 0 Å². The minimum Gasteiger partial charge on any atom is -0.378 e. The number of piperazine rings is 1. The zero-order chi connectivity index (χ0) is 20.3. The number of carbonyl (C=O) groups is 1. The van der Waals surface area contributed by atoms with Gasteiger partial charge >= 0.3 is 0 Å². The molecule has 9 nitrogen and oxygen atoms in total. The molecule has 0 saturated carbocycles. The summed E-state index contributed by atoms with van der Waals surface area (Å²) in [4.78, 5) is 17.9. The Kier molecular flexibility index (Phi) is 10.6. The highest BCUT2D eigenvalue weighted by Crippen LogP contribution is 2.09. The minimum atomic E-state index is -3.30. The third-order valence-electron chi connectivity index (χ3n) is 4.14. The Bertz CT molecular complexity index is 572. The molecule has 1 rings (SSSR count). The average Bonchev–Trinajstić information content (AvgIpc) is 2.63. The molecule has 1 fully saturated rings. The van der Waals surface area contributed by atoms with Crippen LogP contribution < -0.4 is 10.6 Å². The molecular weight excluding hydrogens is 370 g/mol. The molecule has 1 aliphatic rings. The highest BCUT2D eigenvalue weighted by molar-refractivity contribution is 7.89. The van der Waals surface area contributed by atoms with Crippen molar-refractivity contribution in [3.8, 4) is 0 Å². The fraction of sp³-hybridized carbons (Fsp3) is 0.882. The lowest BCUT2D eigenvalue weighted by Crippen LogP contribution is -2.54. The van der Waals surface area contributed by atoms with Crippen LogP contribution >= 0.6 is 0 Å². The minimum absolute atomic E-state index is 0.00499. The number of hydrogen-bond acceptors (Lipinski definition) is 5. The van der Waals surface area contributed by atoms with Gasteiger partial charge in [-0.25, -0.2) is 8.42 Å². The van der Waals surface area contributed by atoms with Gasteiger partial charge in [0.15, 0.2) is 5.96 Å². The number of hydrogen-bond donors (Lipinski definition) is 2. The highest BCUT2D eigenvalue weighted by atomic mass is 32.2. The number of rotatable bonds is 10. The highest BCUT2D eigenvalue weighted by Gasteiger charge is 2.27. The van der Waals surface area contributed by atoms with Crippen LogP contribution in [0, 0.1) is 0 Å². The molecule has 27 heavy (non-hydrogen) atoms. The zero-order valence-corrected chi connectivity index (χ0v) is 17.8. The number of sulfonamides is 1. The van der Waals surface area contributed by atoms with Crippen molar-refractivity contribution in [1.82, 2.24) is 19.8 Å². The average molecular weight is 406 g/mol. The van der Waals surface area contributed by atoms with E-state index in [2.05, 4.69) is 15.6 Å². The number of nitrogens with one attached hydrogen (secondary N) is 2. The summed E-state index contributed by atoms with van der Waals surface area (Å²) in [5, 5.41) is 6.01. The smallest absolute Gasteiger partial charge is 0.221 e. The molecule has 0 aromatic heterocycles. The number of aliphatic imine (C=N–C) groups is 1. The molecule has 1 saturated heterocycles. The monoisotopic (exact) mass is 405 g/mol. The van der Waals surface area contributed by atoms with Gasteiger partial charge in [0, 0.05) is 52.7 Å². The summed E-state index contributed by atoms with van der Waals surface area (Å²) >= 11 is 0. The maximum atomic E-state index is 12.4. The largest absolute Gasteiger partial charge is 0.378 e. The number of amides is 1. The summed E-state index contributed by atoms with van der Waals surface area (Å²) in [5.74, 6) is 0.711. The molecule has 1 aliphatic heterocycles. The fourth-order valence-corrected chi connectivity index (χ4v) is 3.95. The van der Waals surface area contributed by atoms with Gasteiger partial charge in [-0.1, -0.05) is 6.92 Å². The first kappa shape index (κ1) is 23.6. The van der Waals surface area contributed by atoms with Gasteiger partial charge < -0.3 is 20.3 Å². The van der Waals surface area contributed by atoms with Crippen LogP contribution in [0.15, 0.2) is 4.99 Å². The first-order valence-electron chi connectivity index (χ1n) is 9.61. The fourth-order valence-electron chi connectivity index (χ4n) is 2.67. The van der Waals surface area contributed by atoms with Crippen molar-refractivity contribution in [1.29, 1.82) is 0 Å².